The lowest BCUT2D eigenvalue weighted by atomic mass is 9.91. The normalized spacial score (nSPS) is 18.8. The largest absolute Gasteiger partial charge is 0.573 e. The van der Waals surface area contributed by atoms with Crippen molar-refractivity contribution in [1.29, 1.82) is 0 Å². The van der Waals surface area contributed by atoms with Crippen molar-refractivity contribution in [2.75, 3.05) is 24.3 Å². The van der Waals surface area contributed by atoms with Gasteiger partial charge >= 0.3 is 6.36 Å². The fraction of sp³-hybridized carbons (Fsp3) is 0.417. The van der Waals surface area contributed by atoms with Crippen molar-refractivity contribution in [3.05, 3.63) is 54.1 Å². The first kappa shape index (κ1) is 23.1. The Morgan fingerprint density at radius 1 is 0.939 bits per heavy atom. The summed E-state index contributed by atoms with van der Waals surface area (Å²) in [4.78, 5) is 11.4. The number of benzene rings is 2. The van der Waals surface area contributed by atoms with Crippen molar-refractivity contribution in [2.24, 2.45) is 0 Å². The predicted octanol–water partition coefficient (Wildman–Crippen LogP) is 5.11. The van der Waals surface area contributed by atoms with Gasteiger partial charge in [-0.05, 0) is 43.9 Å². The van der Waals surface area contributed by atoms with Crippen LogP contribution in [0.25, 0.3) is 10.9 Å². The Morgan fingerprint density at radius 2 is 1.61 bits per heavy atom. The lowest BCUT2D eigenvalue weighted by molar-refractivity contribution is -0.274. The molecule has 0 atom stereocenters. The second kappa shape index (κ2) is 9.82. The van der Waals surface area contributed by atoms with E-state index in [4.69, 9.17) is 4.98 Å². The average Bonchev–Trinajstić information content (AvgIpc) is 2.78. The molecule has 1 saturated carbocycles. The van der Waals surface area contributed by atoms with E-state index < -0.39 is 6.36 Å². The molecule has 6 nitrogen and oxygen atoms in total. The van der Waals surface area contributed by atoms with E-state index in [0.29, 0.717) is 18.1 Å². The lowest BCUT2D eigenvalue weighted by Gasteiger charge is -2.30. The predicted molar refractivity (Wildman–Crippen MR) is 123 cm³/mol. The molecule has 0 radical (unpaired) electrons. The van der Waals surface area contributed by atoms with E-state index in [9.17, 15) is 13.2 Å². The summed E-state index contributed by atoms with van der Waals surface area (Å²) in [6, 6.07) is 14.7. The molecule has 9 heteroatoms. The van der Waals surface area contributed by atoms with Crippen molar-refractivity contribution < 1.29 is 17.9 Å². The number of halogens is 3. The van der Waals surface area contributed by atoms with Crippen LogP contribution in [-0.4, -0.2) is 42.5 Å². The van der Waals surface area contributed by atoms with E-state index in [1.807, 2.05) is 43.3 Å². The van der Waals surface area contributed by atoms with Gasteiger partial charge in [0.2, 0.25) is 5.95 Å². The lowest BCUT2D eigenvalue weighted by Crippen LogP contribution is -2.37. The first-order chi connectivity index (χ1) is 15.8. The maximum absolute atomic E-state index is 12.6. The molecule has 2 N–H and O–H groups in total. The van der Waals surface area contributed by atoms with Crippen LogP contribution in [0, 0.1) is 0 Å². The van der Waals surface area contributed by atoms with Crippen molar-refractivity contribution in [2.45, 2.75) is 50.7 Å². The molecule has 1 aromatic heterocycles. The molecule has 3 aromatic rings. The van der Waals surface area contributed by atoms with Crippen LogP contribution in [0.4, 0.5) is 24.9 Å². The SMILES string of the molecule is CN(C)c1nc(N[C@H]2CC[C@@H](NCc3ccccc3OC(F)(F)F)CC2)nc2ccccc12. The fourth-order valence-electron chi connectivity index (χ4n) is 4.22. The van der Waals surface area contributed by atoms with Crippen molar-refractivity contribution in [3.8, 4) is 5.75 Å². The third-order valence-corrected chi connectivity index (χ3v) is 5.85. The summed E-state index contributed by atoms with van der Waals surface area (Å²) in [6.45, 7) is 0.328. The number of aromatic nitrogens is 2. The Morgan fingerprint density at radius 3 is 2.33 bits per heavy atom. The molecule has 0 aliphatic heterocycles. The summed E-state index contributed by atoms with van der Waals surface area (Å²) >= 11 is 0. The van der Waals surface area contributed by atoms with Gasteiger partial charge in [-0.1, -0.05) is 30.3 Å². The molecule has 2 aromatic carbocycles. The smallest absolute Gasteiger partial charge is 0.405 e. The van der Waals surface area contributed by atoms with Gasteiger partial charge in [0.05, 0.1) is 5.52 Å². The van der Waals surface area contributed by atoms with E-state index in [0.717, 1.165) is 42.4 Å². The molecule has 0 spiro atoms. The zero-order chi connectivity index (χ0) is 23.4. The Bertz CT molecular complexity index is 1080. The van der Waals surface area contributed by atoms with Gasteiger partial charge in [0.25, 0.3) is 0 Å². The molecule has 1 aliphatic rings. The van der Waals surface area contributed by atoms with Gasteiger partial charge in [-0.3, -0.25) is 0 Å². The van der Waals surface area contributed by atoms with Crippen LogP contribution in [0.5, 0.6) is 5.75 Å². The summed E-state index contributed by atoms with van der Waals surface area (Å²) in [7, 11) is 3.93. The van der Waals surface area contributed by atoms with E-state index in [1.165, 1.54) is 12.1 Å². The number of alkyl halides is 3. The standard InChI is InChI=1S/C24H28F3N5O/c1-32(2)22-19-8-4-5-9-20(19)30-23(31-22)29-18-13-11-17(12-14-18)28-15-16-7-3-6-10-21(16)33-24(25,26)27/h3-10,17-18,28H,11-15H2,1-2H3,(H,29,30,31)/t17-,18+. The molecule has 0 amide bonds. The van der Waals surface area contributed by atoms with Crippen LogP contribution in [0.15, 0.2) is 48.5 Å². The van der Waals surface area contributed by atoms with Crippen LogP contribution in [0.1, 0.15) is 31.2 Å². The van der Waals surface area contributed by atoms with Gasteiger partial charge in [0.15, 0.2) is 0 Å². The minimum absolute atomic E-state index is 0.155. The number of nitrogens with one attached hydrogen (secondary N) is 2. The van der Waals surface area contributed by atoms with Crippen LogP contribution in [0.2, 0.25) is 0 Å². The average molecular weight is 460 g/mol. The van der Waals surface area contributed by atoms with Crippen molar-refractivity contribution >= 4 is 22.7 Å². The molecule has 0 unspecified atom stereocenters. The van der Waals surface area contributed by atoms with Crippen molar-refractivity contribution in [1.82, 2.24) is 15.3 Å². The highest BCUT2D eigenvalue weighted by Gasteiger charge is 2.32. The van der Waals surface area contributed by atoms with Gasteiger partial charge in [0.1, 0.15) is 11.6 Å². The van der Waals surface area contributed by atoms with E-state index in [1.54, 1.807) is 12.1 Å². The summed E-state index contributed by atoms with van der Waals surface area (Å²) in [5, 5.41) is 7.87. The minimum Gasteiger partial charge on any atom is -0.405 e. The van der Waals surface area contributed by atoms with Crippen molar-refractivity contribution in [3.63, 3.8) is 0 Å². The van der Waals surface area contributed by atoms with E-state index >= 15 is 0 Å². The van der Waals surface area contributed by atoms with Gasteiger partial charge < -0.3 is 20.3 Å². The number of rotatable bonds is 7. The fourth-order valence-corrected chi connectivity index (χ4v) is 4.22. The Hall–Kier alpha value is -3.07. The van der Waals surface area contributed by atoms with E-state index in [2.05, 4.69) is 20.4 Å². The monoisotopic (exact) mass is 459 g/mol. The molecule has 1 fully saturated rings. The quantitative estimate of drug-likeness (QED) is 0.512. The molecule has 1 heterocycles. The highest BCUT2D eigenvalue weighted by atomic mass is 19.4. The molecule has 33 heavy (non-hydrogen) atoms. The second-order valence-corrected chi connectivity index (χ2v) is 8.51. The highest BCUT2D eigenvalue weighted by Crippen LogP contribution is 2.28. The van der Waals surface area contributed by atoms with E-state index in [-0.39, 0.29) is 17.8 Å². The Kier molecular flexibility index (Phi) is 6.88. The first-order valence-corrected chi connectivity index (χ1v) is 11.1. The third kappa shape index (κ3) is 6.04. The number of hydrogen-bond acceptors (Lipinski definition) is 6. The number of anilines is 2. The molecule has 0 saturated heterocycles. The number of hydrogen-bond donors (Lipinski definition) is 2. The summed E-state index contributed by atoms with van der Waals surface area (Å²) in [6.07, 6.45) is -1.03. The Balaban J connectivity index is 1.33. The van der Waals surface area contributed by atoms with Crippen LogP contribution in [0.3, 0.4) is 0 Å². The number of nitrogens with zero attached hydrogens (tertiary/aromatic N) is 3. The summed E-state index contributed by atoms with van der Waals surface area (Å²) in [5.41, 5.74) is 1.39. The number of fused-ring (bicyclic) bond motifs is 1. The third-order valence-electron chi connectivity index (χ3n) is 5.85. The topological polar surface area (TPSA) is 62.3 Å². The molecular formula is C24H28F3N5O. The van der Waals surface area contributed by atoms with Crippen LogP contribution < -0.4 is 20.3 Å². The molecule has 4 rings (SSSR count). The summed E-state index contributed by atoms with van der Waals surface area (Å²) < 4.78 is 42.0. The minimum atomic E-state index is -4.70. The zero-order valence-electron chi connectivity index (χ0n) is 18.7. The number of ether oxygens (including phenoxy) is 1. The van der Waals surface area contributed by atoms with Crippen LogP contribution in [-0.2, 0) is 6.54 Å². The molecule has 176 valence electrons. The zero-order valence-corrected chi connectivity index (χ0v) is 18.7. The van der Waals surface area contributed by atoms with Gasteiger partial charge in [-0.25, -0.2) is 4.98 Å². The molecule has 1 aliphatic carbocycles. The maximum atomic E-state index is 12.6. The number of para-hydroxylation sites is 2. The Labute approximate surface area is 191 Å². The highest BCUT2D eigenvalue weighted by molar-refractivity contribution is 5.90. The van der Waals surface area contributed by atoms with Gasteiger partial charge in [-0.15, -0.1) is 13.2 Å². The van der Waals surface area contributed by atoms with Crippen LogP contribution >= 0.6 is 0 Å². The first-order valence-electron chi connectivity index (χ1n) is 11.1. The molecular weight excluding hydrogens is 431 g/mol. The summed E-state index contributed by atoms with van der Waals surface area (Å²) in [5.74, 6) is 1.34. The van der Waals surface area contributed by atoms with Gasteiger partial charge in [-0.2, -0.15) is 4.98 Å². The molecule has 0 bridgehead atoms. The maximum Gasteiger partial charge on any atom is 0.573 e. The van der Waals surface area contributed by atoms with Gasteiger partial charge in [0, 0.05) is 43.7 Å². The second-order valence-electron chi connectivity index (χ2n) is 8.51.